The van der Waals surface area contributed by atoms with Crippen LogP contribution in [0.5, 0.6) is 0 Å². The molecule has 0 aliphatic carbocycles. The summed E-state index contributed by atoms with van der Waals surface area (Å²) in [5, 5.41) is 0.0785. The molecular weight excluding hydrogens is 247 g/mol. The molecule has 0 spiro atoms. The van der Waals surface area contributed by atoms with Crippen molar-refractivity contribution in [3.8, 4) is 0 Å². The molecule has 1 aromatic heterocycles. The summed E-state index contributed by atoms with van der Waals surface area (Å²) in [7, 11) is 0. The lowest BCUT2D eigenvalue weighted by atomic mass is 10.1. The Kier molecular flexibility index (Phi) is 2.68. The van der Waals surface area contributed by atoms with Crippen molar-refractivity contribution in [1.82, 2.24) is 9.97 Å². The first-order chi connectivity index (χ1) is 8.29. The van der Waals surface area contributed by atoms with Crippen molar-refractivity contribution in [2.24, 2.45) is 0 Å². The number of nitrogen functional groups attached to an aromatic ring is 1. The zero-order chi connectivity index (χ0) is 13.5. The van der Waals surface area contributed by atoms with Gasteiger partial charge in [0.25, 0.3) is 0 Å². The number of nitrogens with zero attached hydrogens (tertiary/aromatic N) is 2. The Labute approximate surface area is 99.6 Å². The number of ketones is 1. The van der Waals surface area contributed by atoms with Crippen molar-refractivity contribution in [1.29, 1.82) is 0 Å². The van der Waals surface area contributed by atoms with Gasteiger partial charge < -0.3 is 5.73 Å². The molecule has 2 N–H and O–H groups in total. The maximum atomic E-state index is 12.5. The molecule has 0 unspecified atom stereocenters. The molecule has 94 valence electrons. The second-order valence-corrected chi connectivity index (χ2v) is 3.72. The molecule has 18 heavy (non-hydrogen) atoms. The van der Waals surface area contributed by atoms with Crippen molar-refractivity contribution in [3.05, 3.63) is 29.6 Å². The average Bonchev–Trinajstić information content (AvgIpc) is 2.27. The molecule has 0 aliphatic heterocycles. The fraction of sp³-hybridized carbons (Fsp3) is 0.182. The molecule has 0 aliphatic rings. The Morgan fingerprint density at radius 2 is 1.94 bits per heavy atom. The summed E-state index contributed by atoms with van der Waals surface area (Å²) in [5.41, 5.74) is 4.91. The molecule has 0 saturated carbocycles. The number of hydrogen-bond donors (Lipinski definition) is 1. The van der Waals surface area contributed by atoms with E-state index < -0.39 is 17.5 Å². The highest BCUT2D eigenvalue weighted by atomic mass is 19.4. The molecule has 0 fully saturated rings. The van der Waals surface area contributed by atoms with Crippen LogP contribution in [0.15, 0.2) is 18.2 Å². The van der Waals surface area contributed by atoms with E-state index in [0.717, 1.165) is 12.1 Å². The maximum Gasteiger partial charge on any atom is 0.416 e. The van der Waals surface area contributed by atoms with E-state index in [-0.39, 0.29) is 22.5 Å². The van der Waals surface area contributed by atoms with Gasteiger partial charge in [-0.15, -0.1) is 0 Å². The number of hydrogen-bond acceptors (Lipinski definition) is 4. The van der Waals surface area contributed by atoms with E-state index in [0.29, 0.717) is 0 Å². The largest absolute Gasteiger partial charge is 0.416 e. The summed E-state index contributed by atoms with van der Waals surface area (Å²) < 4.78 is 37.6. The van der Waals surface area contributed by atoms with Crippen LogP contribution in [0.1, 0.15) is 23.1 Å². The second-order valence-electron chi connectivity index (χ2n) is 3.72. The molecule has 4 nitrogen and oxygen atoms in total. The van der Waals surface area contributed by atoms with Crippen LogP contribution in [0, 0.1) is 0 Å². The van der Waals surface area contributed by atoms with Crippen LogP contribution >= 0.6 is 0 Å². The Hall–Kier alpha value is -2.18. The molecule has 2 rings (SSSR count). The van der Waals surface area contributed by atoms with Crippen LogP contribution in [0.25, 0.3) is 10.9 Å². The summed E-state index contributed by atoms with van der Waals surface area (Å²) >= 11 is 0. The van der Waals surface area contributed by atoms with E-state index >= 15 is 0 Å². The summed E-state index contributed by atoms with van der Waals surface area (Å²) in [6, 6.07) is 2.93. The number of Topliss-reactive ketones (excluding diaryl/α,β-unsaturated/α-hetero) is 1. The van der Waals surface area contributed by atoms with Gasteiger partial charge in [-0.2, -0.15) is 13.2 Å². The Morgan fingerprint density at radius 3 is 2.50 bits per heavy atom. The maximum absolute atomic E-state index is 12.5. The summed E-state index contributed by atoms with van der Waals surface area (Å²) in [5.74, 6) is -0.653. The monoisotopic (exact) mass is 255 g/mol. The van der Waals surface area contributed by atoms with Crippen molar-refractivity contribution < 1.29 is 18.0 Å². The molecule has 1 aromatic carbocycles. The second kappa shape index (κ2) is 3.94. The highest BCUT2D eigenvalue weighted by Crippen LogP contribution is 2.32. The number of fused-ring (bicyclic) bond motifs is 1. The minimum Gasteiger partial charge on any atom is -0.383 e. The number of halogens is 3. The molecule has 0 saturated heterocycles. The summed E-state index contributed by atoms with van der Waals surface area (Å²) in [6.45, 7) is 1.25. The lowest BCUT2D eigenvalue weighted by Crippen LogP contribution is -2.08. The molecular formula is C11H8F3N3O. The quantitative estimate of drug-likeness (QED) is 0.794. The number of anilines is 1. The van der Waals surface area contributed by atoms with Gasteiger partial charge in [0.15, 0.2) is 11.6 Å². The van der Waals surface area contributed by atoms with Crippen LogP contribution in [0.2, 0.25) is 0 Å². The van der Waals surface area contributed by atoms with Crippen molar-refractivity contribution in [2.45, 2.75) is 13.1 Å². The number of carbonyl (C=O) groups excluding carboxylic acids is 1. The number of rotatable bonds is 1. The van der Waals surface area contributed by atoms with Crippen LogP contribution in [0.3, 0.4) is 0 Å². The fourth-order valence-electron chi connectivity index (χ4n) is 1.49. The zero-order valence-corrected chi connectivity index (χ0v) is 9.25. The van der Waals surface area contributed by atoms with E-state index in [4.69, 9.17) is 5.73 Å². The van der Waals surface area contributed by atoms with Gasteiger partial charge in [-0.05, 0) is 18.2 Å². The van der Waals surface area contributed by atoms with E-state index in [1.807, 2.05) is 0 Å². The van der Waals surface area contributed by atoms with E-state index in [1.54, 1.807) is 0 Å². The highest BCUT2D eigenvalue weighted by Gasteiger charge is 2.30. The van der Waals surface area contributed by atoms with E-state index in [9.17, 15) is 18.0 Å². The third-order valence-corrected chi connectivity index (χ3v) is 2.37. The first-order valence-corrected chi connectivity index (χ1v) is 4.94. The lowest BCUT2D eigenvalue weighted by Gasteiger charge is -2.08. The van der Waals surface area contributed by atoms with E-state index in [1.165, 1.54) is 13.0 Å². The Morgan fingerprint density at radius 1 is 1.28 bits per heavy atom. The van der Waals surface area contributed by atoms with Crippen LogP contribution in [-0.4, -0.2) is 15.8 Å². The Bertz CT molecular complexity index is 637. The van der Waals surface area contributed by atoms with Gasteiger partial charge in [-0.25, -0.2) is 9.97 Å². The normalized spacial score (nSPS) is 11.8. The Balaban J connectivity index is 2.69. The summed E-state index contributed by atoms with van der Waals surface area (Å²) in [4.78, 5) is 18.6. The molecule has 1 heterocycles. The standard InChI is InChI=1S/C11H8F3N3O/c1-5(18)10-16-8-3-2-6(11(12,13)14)4-7(8)9(15)17-10/h2-4H,1H3,(H2,15,16,17). The molecule has 0 bridgehead atoms. The van der Waals surface area contributed by atoms with Crippen molar-refractivity contribution >= 4 is 22.5 Å². The minimum atomic E-state index is -4.46. The van der Waals surface area contributed by atoms with Crippen molar-refractivity contribution in [2.75, 3.05) is 5.73 Å². The van der Waals surface area contributed by atoms with Crippen LogP contribution < -0.4 is 5.73 Å². The van der Waals surface area contributed by atoms with Crippen molar-refractivity contribution in [3.63, 3.8) is 0 Å². The van der Waals surface area contributed by atoms with Crippen LogP contribution in [0.4, 0.5) is 19.0 Å². The predicted octanol–water partition coefficient (Wildman–Crippen LogP) is 2.43. The number of benzene rings is 1. The molecule has 7 heteroatoms. The number of nitrogens with two attached hydrogens (primary N) is 1. The van der Waals surface area contributed by atoms with Gasteiger partial charge >= 0.3 is 6.18 Å². The van der Waals surface area contributed by atoms with Gasteiger partial charge in [0.2, 0.25) is 0 Å². The first kappa shape index (κ1) is 12.3. The SMILES string of the molecule is CC(=O)c1nc(N)c2cc(C(F)(F)F)ccc2n1. The predicted molar refractivity (Wildman–Crippen MR) is 59.0 cm³/mol. The number of alkyl halides is 3. The van der Waals surface area contributed by atoms with E-state index in [2.05, 4.69) is 9.97 Å². The molecule has 2 aromatic rings. The number of carbonyl (C=O) groups is 1. The molecule has 0 atom stereocenters. The average molecular weight is 255 g/mol. The summed E-state index contributed by atoms with van der Waals surface area (Å²) in [6.07, 6.45) is -4.46. The minimum absolute atomic E-state index is 0.0785. The number of aromatic nitrogens is 2. The first-order valence-electron chi connectivity index (χ1n) is 4.94. The third-order valence-electron chi connectivity index (χ3n) is 2.37. The molecule has 0 amide bonds. The van der Waals surface area contributed by atoms with Gasteiger partial charge in [0, 0.05) is 12.3 Å². The van der Waals surface area contributed by atoms with Crippen LogP contribution in [-0.2, 0) is 6.18 Å². The lowest BCUT2D eigenvalue weighted by molar-refractivity contribution is -0.137. The molecule has 0 radical (unpaired) electrons. The fourth-order valence-corrected chi connectivity index (χ4v) is 1.49. The third kappa shape index (κ3) is 2.11. The van der Waals surface area contributed by atoms with Gasteiger partial charge in [-0.3, -0.25) is 4.79 Å². The topological polar surface area (TPSA) is 68.9 Å². The smallest absolute Gasteiger partial charge is 0.383 e. The van der Waals surface area contributed by atoms with Gasteiger partial charge in [0.05, 0.1) is 11.1 Å². The van der Waals surface area contributed by atoms with Gasteiger partial charge in [-0.1, -0.05) is 0 Å². The van der Waals surface area contributed by atoms with Gasteiger partial charge in [0.1, 0.15) is 5.82 Å². The highest BCUT2D eigenvalue weighted by molar-refractivity contribution is 5.96. The zero-order valence-electron chi connectivity index (χ0n) is 9.25.